The van der Waals surface area contributed by atoms with Crippen LogP contribution in [0.4, 0.5) is 0 Å². The molecule has 0 saturated heterocycles. The molecule has 0 bridgehead atoms. The van der Waals surface area contributed by atoms with Crippen LogP contribution in [0, 0.1) is 0 Å². The number of aryl methyl sites for hydroxylation is 2. The zero-order chi connectivity index (χ0) is 9.97. The van der Waals surface area contributed by atoms with Gasteiger partial charge in [-0.3, -0.25) is 4.79 Å². The summed E-state index contributed by atoms with van der Waals surface area (Å²) >= 11 is 5.87. The maximum absolute atomic E-state index is 10.7. The van der Waals surface area contributed by atoms with Crippen molar-refractivity contribution in [2.75, 3.05) is 0 Å². The Labute approximate surface area is 88.3 Å². The maximum atomic E-state index is 10.7. The molecule has 0 N–H and O–H groups in total. The highest BCUT2D eigenvalue weighted by Crippen LogP contribution is 2.23. The van der Waals surface area contributed by atoms with Gasteiger partial charge in [0.25, 0.3) is 0 Å². The van der Waals surface area contributed by atoms with E-state index in [9.17, 15) is 4.79 Å². The Balaban J connectivity index is 2.45. The van der Waals surface area contributed by atoms with Crippen LogP contribution in [0.25, 0.3) is 0 Å². The molecular weight excluding hydrogens is 198 g/mol. The molecule has 0 aromatic carbocycles. The number of pyridine rings is 1. The minimum atomic E-state index is 0.348. The van der Waals surface area contributed by atoms with Gasteiger partial charge in [0.1, 0.15) is 5.15 Å². The van der Waals surface area contributed by atoms with Crippen LogP contribution in [-0.4, -0.2) is 11.3 Å². The van der Waals surface area contributed by atoms with E-state index in [2.05, 4.69) is 4.98 Å². The number of carbonyl (C=O) groups excluding carboxylic acids is 1. The average Bonchev–Trinajstić information content (AvgIpc) is 2.41. The summed E-state index contributed by atoms with van der Waals surface area (Å²) in [5.74, 6) is 0. The Morgan fingerprint density at radius 2 is 2.07 bits per heavy atom. The molecule has 0 unspecified atom stereocenters. The van der Waals surface area contributed by atoms with Crippen LogP contribution in [0.15, 0.2) is 6.07 Å². The molecule has 1 heterocycles. The summed E-state index contributed by atoms with van der Waals surface area (Å²) in [4.78, 5) is 15.0. The fraction of sp³-hybridized carbons (Fsp3) is 0.455. The van der Waals surface area contributed by atoms with Gasteiger partial charge in [-0.15, -0.1) is 0 Å². The quantitative estimate of drug-likeness (QED) is 0.405. The summed E-state index contributed by atoms with van der Waals surface area (Å²) in [7, 11) is 0. The van der Waals surface area contributed by atoms with Gasteiger partial charge in [0, 0.05) is 5.69 Å². The van der Waals surface area contributed by atoms with E-state index in [4.69, 9.17) is 11.6 Å². The number of nitrogens with zero attached hydrogens (tertiary/aromatic N) is 1. The number of aromatic nitrogens is 1. The van der Waals surface area contributed by atoms with Gasteiger partial charge in [0.05, 0.1) is 5.56 Å². The lowest BCUT2D eigenvalue weighted by Gasteiger charge is -2.06. The summed E-state index contributed by atoms with van der Waals surface area (Å²) in [5, 5.41) is 0.348. The van der Waals surface area contributed by atoms with Crippen molar-refractivity contribution < 1.29 is 4.79 Å². The highest BCUT2D eigenvalue weighted by atomic mass is 35.5. The normalized spacial score (nSPS) is 15.8. The van der Waals surface area contributed by atoms with E-state index >= 15 is 0 Å². The van der Waals surface area contributed by atoms with Crippen molar-refractivity contribution in [1.29, 1.82) is 0 Å². The van der Waals surface area contributed by atoms with Crippen molar-refractivity contribution in [3.8, 4) is 0 Å². The monoisotopic (exact) mass is 209 g/mol. The van der Waals surface area contributed by atoms with Gasteiger partial charge in [-0.05, 0) is 37.3 Å². The molecule has 0 saturated carbocycles. The zero-order valence-corrected chi connectivity index (χ0v) is 8.68. The van der Waals surface area contributed by atoms with Gasteiger partial charge in [-0.2, -0.15) is 0 Å². The molecule has 0 amide bonds. The van der Waals surface area contributed by atoms with Crippen LogP contribution in [0.1, 0.15) is 40.9 Å². The lowest BCUT2D eigenvalue weighted by Crippen LogP contribution is -1.99. The van der Waals surface area contributed by atoms with E-state index < -0.39 is 0 Å². The Morgan fingerprint density at radius 3 is 2.86 bits per heavy atom. The molecule has 0 atom stereocenters. The van der Waals surface area contributed by atoms with E-state index in [-0.39, 0.29) is 0 Å². The van der Waals surface area contributed by atoms with E-state index in [1.807, 2.05) is 6.07 Å². The first-order valence-corrected chi connectivity index (χ1v) is 5.32. The van der Waals surface area contributed by atoms with Crippen LogP contribution >= 0.6 is 11.6 Å². The van der Waals surface area contributed by atoms with Crippen LogP contribution in [0.5, 0.6) is 0 Å². The van der Waals surface area contributed by atoms with Gasteiger partial charge < -0.3 is 0 Å². The number of fused-ring (bicyclic) bond motifs is 1. The second kappa shape index (κ2) is 4.09. The molecule has 2 rings (SSSR count). The molecule has 1 aliphatic carbocycles. The zero-order valence-electron chi connectivity index (χ0n) is 7.92. The maximum Gasteiger partial charge on any atom is 0.153 e. The lowest BCUT2D eigenvalue weighted by molar-refractivity contribution is 0.112. The first-order valence-electron chi connectivity index (χ1n) is 4.95. The van der Waals surface area contributed by atoms with Gasteiger partial charge in [-0.1, -0.05) is 18.0 Å². The Bertz CT molecular complexity index is 363. The molecular formula is C11H12ClNO. The van der Waals surface area contributed by atoms with Crippen LogP contribution in [-0.2, 0) is 12.8 Å². The topological polar surface area (TPSA) is 30.0 Å². The second-order valence-corrected chi connectivity index (χ2v) is 4.01. The third kappa shape index (κ3) is 1.80. The molecule has 0 aliphatic heterocycles. The molecule has 0 spiro atoms. The SMILES string of the molecule is O=Cc1cc2c(nc1Cl)CCCCC2. The van der Waals surface area contributed by atoms with Crippen LogP contribution < -0.4 is 0 Å². The number of hydrogen-bond donors (Lipinski definition) is 0. The third-order valence-corrected chi connectivity index (χ3v) is 2.96. The Kier molecular flexibility index (Phi) is 2.82. The van der Waals surface area contributed by atoms with Crippen molar-refractivity contribution in [2.24, 2.45) is 0 Å². The minimum Gasteiger partial charge on any atom is -0.298 e. The first-order chi connectivity index (χ1) is 6.81. The van der Waals surface area contributed by atoms with Crippen molar-refractivity contribution in [2.45, 2.75) is 32.1 Å². The van der Waals surface area contributed by atoms with Gasteiger partial charge in [0.2, 0.25) is 0 Å². The third-order valence-electron chi connectivity index (χ3n) is 2.66. The average molecular weight is 210 g/mol. The van der Waals surface area contributed by atoms with Gasteiger partial charge in [-0.25, -0.2) is 4.98 Å². The predicted octanol–water partition coefficient (Wildman–Crippen LogP) is 2.82. The summed E-state index contributed by atoms with van der Waals surface area (Å²) in [6.07, 6.45) is 6.41. The lowest BCUT2D eigenvalue weighted by atomic mass is 10.1. The van der Waals surface area contributed by atoms with Crippen molar-refractivity contribution in [3.05, 3.63) is 28.0 Å². The van der Waals surface area contributed by atoms with Gasteiger partial charge in [0.15, 0.2) is 6.29 Å². The smallest absolute Gasteiger partial charge is 0.153 e. The summed E-state index contributed by atoms with van der Waals surface area (Å²) in [5.41, 5.74) is 2.81. The summed E-state index contributed by atoms with van der Waals surface area (Å²) < 4.78 is 0. The number of carbonyl (C=O) groups is 1. The van der Waals surface area contributed by atoms with Crippen LogP contribution in [0.3, 0.4) is 0 Å². The molecule has 0 fully saturated rings. The van der Waals surface area contributed by atoms with E-state index in [0.29, 0.717) is 10.7 Å². The molecule has 2 nitrogen and oxygen atoms in total. The first kappa shape index (κ1) is 9.66. The number of hydrogen-bond acceptors (Lipinski definition) is 2. The second-order valence-electron chi connectivity index (χ2n) is 3.65. The van der Waals surface area contributed by atoms with E-state index in [1.165, 1.54) is 24.8 Å². The Morgan fingerprint density at radius 1 is 1.29 bits per heavy atom. The fourth-order valence-corrected chi connectivity index (χ4v) is 2.09. The highest BCUT2D eigenvalue weighted by molar-refractivity contribution is 6.31. The highest BCUT2D eigenvalue weighted by Gasteiger charge is 2.12. The molecule has 74 valence electrons. The molecule has 3 heteroatoms. The summed E-state index contributed by atoms with van der Waals surface area (Å²) in [6.45, 7) is 0. The van der Waals surface area contributed by atoms with E-state index in [1.54, 1.807) is 0 Å². The predicted molar refractivity (Wildman–Crippen MR) is 55.9 cm³/mol. The number of aldehydes is 1. The molecule has 1 aromatic rings. The van der Waals surface area contributed by atoms with Crippen LogP contribution in [0.2, 0.25) is 5.15 Å². The molecule has 0 radical (unpaired) electrons. The largest absolute Gasteiger partial charge is 0.298 e. The minimum absolute atomic E-state index is 0.348. The standard InChI is InChI=1S/C11H12ClNO/c12-11-9(7-14)6-8-4-2-1-3-5-10(8)13-11/h6-7H,1-5H2. The summed E-state index contributed by atoms with van der Waals surface area (Å²) in [6, 6.07) is 1.89. The molecule has 1 aromatic heterocycles. The number of halogens is 1. The van der Waals surface area contributed by atoms with Crippen molar-refractivity contribution in [3.63, 3.8) is 0 Å². The molecule has 14 heavy (non-hydrogen) atoms. The van der Waals surface area contributed by atoms with Crippen molar-refractivity contribution >= 4 is 17.9 Å². The van der Waals surface area contributed by atoms with E-state index in [0.717, 1.165) is 24.8 Å². The number of rotatable bonds is 1. The Hall–Kier alpha value is -0.890. The molecule has 1 aliphatic rings. The van der Waals surface area contributed by atoms with Crippen molar-refractivity contribution in [1.82, 2.24) is 4.98 Å². The fourth-order valence-electron chi connectivity index (χ4n) is 1.89. The van der Waals surface area contributed by atoms with Gasteiger partial charge >= 0.3 is 0 Å².